The molecule has 0 fully saturated rings. The van der Waals surface area contributed by atoms with E-state index in [1.807, 2.05) is 24.4 Å². The Kier molecular flexibility index (Phi) is 3.13. The molecule has 0 saturated heterocycles. The Morgan fingerprint density at radius 2 is 2.00 bits per heavy atom. The number of hydrogen-bond acceptors (Lipinski definition) is 2. The number of aromatic amines is 1. The van der Waals surface area contributed by atoms with Gasteiger partial charge in [0.05, 0.1) is 22.7 Å². The third kappa shape index (κ3) is 2.36. The molecule has 3 rings (SSSR count). The highest BCUT2D eigenvalue weighted by Crippen LogP contribution is 2.26. The van der Waals surface area contributed by atoms with E-state index < -0.39 is 0 Å². The second-order valence-electron chi connectivity index (χ2n) is 6.43. The maximum Gasteiger partial charge on any atom is 0.178 e. The molecule has 0 unspecified atom stereocenters. The summed E-state index contributed by atoms with van der Waals surface area (Å²) in [5.74, 6) is 0. The van der Waals surface area contributed by atoms with Gasteiger partial charge in [0.1, 0.15) is 0 Å². The first-order valence-electron chi connectivity index (χ1n) is 6.92. The van der Waals surface area contributed by atoms with Gasteiger partial charge in [0.25, 0.3) is 0 Å². The topological polar surface area (TPSA) is 33.6 Å². The summed E-state index contributed by atoms with van der Waals surface area (Å²) >= 11 is 5.48. The number of nitrogens with one attached hydrogen (secondary N) is 1. The maximum atomic E-state index is 5.48. The molecule has 0 atom stereocenters. The van der Waals surface area contributed by atoms with Crippen LogP contribution in [-0.2, 0) is 6.54 Å². The average Bonchev–Trinajstić information content (AvgIpc) is 2.71. The quantitative estimate of drug-likeness (QED) is 0.693. The molecule has 0 spiro atoms. The second kappa shape index (κ2) is 4.70. The summed E-state index contributed by atoms with van der Waals surface area (Å²) in [7, 11) is 0. The van der Waals surface area contributed by atoms with E-state index in [2.05, 4.69) is 41.4 Å². The number of para-hydroxylation sites is 1. The van der Waals surface area contributed by atoms with Crippen LogP contribution in [-0.4, -0.2) is 14.5 Å². The predicted octanol–water partition coefficient (Wildman–Crippen LogP) is 4.68. The number of pyridine rings is 1. The van der Waals surface area contributed by atoms with E-state index in [0.717, 1.165) is 34.2 Å². The number of hydrogen-bond donors (Lipinski definition) is 1. The van der Waals surface area contributed by atoms with Gasteiger partial charge in [0.2, 0.25) is 0 Å². The van der Waals surface area contributed by atoms with E-state index in [1.165, 1.54) is 5.52 Å². The molecule has 1 aromatic carbocycles. The van der Waals surface area contributed by atoms with Crippen molar-refractivity contribution in [3.05, 3.63) is 35.2 Å². The Hall–Kier alpha value is -1.68. The van der Waals surface area contributed by atoms with Crippen LogP contribution in [0.3, 0.4) is 0 Å². The molecule has 0 aliphatic heterocycles. The number of imidazole rings is 1. The molecule has 2 aromatic heterocycles. The predicted molar refractivity (Wildman–Crippen MR) is 86.5 cm³/mol. The van der Waals surface area contributed by atoms with Gasteiger partial charge >= 0.3 is 0 Å². The summed E-state index contributed by atoms with van der Waals surface area (Å²) in [6, 6.07) is 8.22. The van der Waals surface area contributed by atoms with Gasteiger partial charge < -0.3 is 9.55 Å². The van der Waals surface area contributed by atoms with Crippen LogP contribution in [0, 0.1) is 10.2 Å². The fraction of sp³-hybridized carbons (Fsp3) is 0.375. The Bertz CT molecular complexity index is 821. The van der Waals surface area contributed by atoms with Gasteiger partial charge in [-0.25, -0.2) is 0 Å². The van der Waals surface area contributed by atoms with Crippen LogP contribution in [0.2, 0.25) is 0 Å². The molecule has 4 heteroatoms. The molecule has 0 bridgehead atoms. The molecule has 0 aliphatic carbocycles. The fourth-order valence-electron chi connectivity index (χ4n) is 2.45. The summed E-state index contributed by atoms with van der Waals surface area (Å²) in [5.41, 5.74) is 3.49. The Morgan fingerprint density at radius 3 is 2.75 bits per heavy atom. The highest BCUT2D eigenvalue weighted by atomic mass is 32.1. The number of benzene rings is 1. The van der Waals surface area contributed by atoms with Crippen LogP contribution in [0.1, 0.15) is 27.2 Å². The Balaban J connectivity index is 2.22. The molecule has 0 aliphatic rings. The lowest BCUT2D eigenvalue weighted by Crippen LogP contribution is -2.10. The van der Waals surface area contributed by atoms with Crippen LogP contribution in [0.5, 0.6) is 0 Å². The van der Waals surface area contributed by atoms with Gasteiger partial charge in [-0.3, -0.25) is 4.98 Å². The summed E-state index contributed by atoms with van der Waals surface area (Å²) < 4.78 is 2.99. The highest BCUT2D eigenvalue weighted by Gasteiger charge is 2.14. The van der Waals surface area contributed by atoms with Crippen molar-refractivity contribution in [3.63, 3.8) is 0 Å². The van der Waals surface area contributed by atoms with Gasteiger partial charge in [-0.15, -0.1) is 0 Å². The molecule has 104 valence electrons. The lowest BCUT2D eigenvalue weighted by atomic mass is 9.92. The van der Waals surface area contributed by atoms with E-state index in [4.69, 9.17) is 12.2 Å². The van der Waals surface area contributed by atoms with Crippen LogP contribution in [0.4, 0.5) is 0 Å². The standard InChI is InChI=1S/C16H19N3S/c1-16(2,3)8-9-19-14-11-6-4-5-7-12(11)17-10-13(14)18-15(19)20/h4-7,10H,8-9H2,1-3H3,(H,18,20). The lowest BCUT2D eigenvalue weighted by Gasteiger charge is -2.18. The zero-order chi connectivity index (χ0) is 14.3. The summed E-state index contributed by atoms with van der Waals surface area (Å²) in [4.78, 5) is 7.75. The third-order valence-electron chi connectivity index (χ3n) is 3.59. The Morgan fingerprint density at radius 1 is 1.25 bits per heavy atom. The van der Waals surface area contributed by atoms with Crippen LogP contribution >= 0.6 is 12.2 Å². The van der Waals surface area contributed by atoms with Crippen LogP contribution in [0.15, 0.2) is 30.5 Å². The van der Waals surface area contributed by atoms with E-state index in [0.29, 0.717) is 5.41 Å². The Labute approximate surface area is 123 Å². The third-order valence-corrected chi connectivity index (χ3v) is 3.91. The fourth-order valence-corrected chi connectivity index (χ4v) is 2.75. The van der Waals surface area contributed by atoms with Crippen LogP contribution < -0.4 is 0 Å². The molecule has 0 radical (unpaired) electrons. The smallest absolute Gasteiger partial charge is 0.178 e. The number of H-pyrrole nitrogens is 1. The number of aryl methyl sites for hydroxylation is 1. The molecule has 20 heavy (non-hydrogen) atoms. The molecule has 3 aromatic rings. The van der Waals surface area contributed by atoms with E-state index in [9.17, 15) is 0 Å². The van der Waals surface area contributed by atoms with Crippen molar-refractivity contribution in [2.45, 2.75) is 33.7 Å². The normalized spacial score (nSPS) is 12.3. The van der Waals surface area contributed by atoms with Crippen molar-refractivity contribution in [1.29, 1.82) is 0 Å². The highest BCUT2D eigenvalue weighted by molar-refractivity contribution is 7.71. The van der Waals surface area contributed by atoms with Crippen molar-refractivity contribution in [1.82, 2.24) is 14.5 Å². The van der Waals surface area contributed by atoms with Crippen molar-refractivity contribution in [3.8, 4) is 0 Å². The van der Waals surface area contributed by atoms with Gasteiger partial charge in [-0.05, 0) is 30.1 Å². The molecule has 3 nitrogen and oxygen atoms in total. The summed E-state index contributed by atoms with van der Waals surface area (Å²) in [5, 5.41) is 1.16. The molecule has 0 amide bonds. The van der Waals surface area contributed by atoms with Gasteiger partial charge in [-0.2, -0.15) is 0 Å². The molecule has 2 heterocycles. The minimum atomic E-state index is 0.293. The summed E-state index contributed by atoms with van der Waals surface area (Å²) in [6.45, 7) is 7.69. The maximum absolute atomic E-state index is 5.48. The number of rotatable bonds is 2. The van der Waals surface area contributed by atoms with Crippen molar-refractivity contribution in [2.24, 2.45) is 5.41 Å². The average molecular weight is 285 g/mol. The molecule has 0 saturated carbocycles. The van der Waals surface area contributed by atoms with E-state index in [1.54, 1.807) is 0 Å². The van der Waals surface area contributed by atoms with Crippen molar-refractivity contribution >= 4 is 34.2 Å². The van der Waals surface area contributed by atoms with Gasteiger partial charge in [0, 0.05) is 11.9 Å². The number of fused-ring (bicyclic) bond motifs is 3. The lowest BCUT2D eigenvalue weighted by molar-refractivity contribution is 0.352. The molecular formula is C16H19N3S. The van der Waals surface area contributed by atoms with Crippen LogP contribution in [0.25, 0.3) is 21.9 Å². The van der Waals surface area contributed by atoms with E-state index >= 15 is 0 Å². The number of nitrogens with zero attached hydrogens (tertiary/aromatic N) is 2. The molecular weight excluding hydrogens is 266 g/mol. The van der Waals surface area contributed by atoms with E-state index in [-0.39, 0.29) is 0 Å². The van der Waals surface area contributed by atoms with Gasteiger partial charge in [0.15, 0.2) is 4.77 Å². The zero-order valence-electron chi connectivity index (χ0n) is 12.1. The molecule has 1 N–H and O–H groups in total. The minimum Gasteiger partial charge on any atom is -0.329 e. The first-order chi connectivity index (χ1) is 9.46. The SMILES string of the molecule is CC(C)(C)CCn1c(=S)[nH]c2cnc3ccccc3c21. The van der Waals surface area contributed by atoms with Crippen molar-refractivity contribution < 1.29 is 0 Å². The number of aromatic nitrogens is 3. The van der Waals surface area contributed by atoms with Crippen molar-refractivity contribution in [2.75, 3.05) is 0 Å². The summed E-state index contributed by atoms with van der Waals surface area (Å²) in [6.07, 6.45) is 2.96. The zero-order valence-corrected chi connectivity index (χ0v) is 12.9. The minimum absolute atomic E-state index is 0.293. The monoisotopic (exact) mass is 285 g/mol. The van der Waals surface area contributed by atoms with Gasteiger partial charge in [-0.1, -0.05) is 39.0 Å². The second-order valence-corrected chi connectivity index (χ2v) is 6.82. The first kappa shape index (κ1) is 13.3. The first-order valence-corrected chi connectivity index (χ1v) is 7.33. The largest absolute Gasteiger partial charge is 0.329 e.